The van der Waals surface area contributed by atoms with Crippen molar-refractivity contribution >= 4 is 17.6 Å². The number of anilines is 1. The zero-order valence-corrected chi connectivity index (χ0v) is 12.5. The number of fused-ring (bicyclic) bond motifs is 2. The lowest BCUT2D eigenvalue weighted by Gasteiger charge is -2.26. The first-order valence-corrected chi connectivity index (χ1v) is 7.51. The van der Waals surface area contributed by atoms with Gasteiger partial charge in [-0.15, -0.1) is 0 Å². The Bertz CT molecular complexity index is 554. The minimum Gasteiger partial charge on any atom is -0.360 e. The molecule has 114 valence electrons. The van der Waals surface area contributed by atoms with Crippen LogP contribution in [-0.2, 0) is 9.59 Å². The molecule has 0 aromatic carbocycles. The van der Waals surface area contributed by atoms with Crippen LogP contribution in [0, 0.1) is 24.7 Å². The highest BCUT2D eigenvalue weighted by Crippen LogP contribution is 2.48. The number of carbonyl (C=O) groups is 2. The van der Waals surface area contributed by atoms with E-state index in [-0.39, 0.29) is 24.3 Å². The summed E-state index contributed by atoms with van der Waals surface area (Å²) in [5, 5.41) is 6.34. The molecule has 6 heteroatoms. The van der Waals surface area contributed by atoms with E-state index in [9.17, 15) is 9.59 Å². The highest BCUT2D eigenvalue weighted by atomic mass is 16.5. The Labute approximate surface area is 123 Å². The first-order valence-electron chi connectivity index (χ1n) is 7.51. The molecule has 0 radical (unpaired) electrons. The number of carbonyl (C=O) groups excluding carboxylic acids is 2. The van der Waals surface area contributed by atoms with Gasteiger partial charge < -0.3 is 14.7 Å². The fourth-order valence-electron chi connectivity index (χ4n) is 3.73. The molecule has 0 spiro atoms. The van der Waals surface area contributed by atoms with E-state index in [1.54, 1.807) is 20.0 Å². The molecule has 3 atom stereocenters. The minimum atomic E-state index is -0.248. The topological polar surface area (TPSA) is 75.4 Å². The first kappa shape index (κ1) is 14.1. The number of likely N-dealkylation sites (N-methyl/N-ethyl adjacent to an activating group) is 1. The van der Waals surface area contributed by atoms with Crippen molar-refractivity contribution in [2.75, 3.05) is 18.9 Å². The van der Waals surface area contributed by atoms with Crippen LogP contribution in [0.4, 0.5) is 5.82 Å². The molecular formula is C15H21N3O3. The zero-order valence-electron chi connectivity index (χ0n) is 12.5. The summed E-state index contributed by atoms with van der Waals surface area (Å²) in [6, 6.07) is 1.65. The number of nitrogens with zero attached hydrogens (tertiary/aromatic N) is 2. The van der Waals surface area contributed by atoms with Gasteiger partial charge in [0.25, 0.3) is 0 Å². The molecule has 2 aliphatic carbocycles. The third-order valence-corrected chi connectivity index (χ3v) is 4.71. The second-order valence-corrected chi connectivity index (χ2v) is 6.35. The van der Waals surface area contributed by atoms with Crippen molar-refractivity contribution in [2.24, 2.45) is 17.8 Å². The molecule has 6 nitrogen and oxygen atoms in total. The average Bonchev–Trinajstić information content (AvgIpc) is 3.14. The van der Waals surface area contributed by atoms with E-state index in [1.807, 2.05) is 0 Å². The van der Waals surface area contributed by atoms with Crippen molar-refractivity contribution in [3.8, 4) is 0 Å². The maximum atomic E-state index is 12.4. The molecule has 1 aromatic rings. The van der Waals surface area contributed by atoms with Gasteiger partial charge in [0.15, 0.2) is 5.82 Å². The second kappa shape index (κ2) is 5.50. The summed E-state index contributed by atoms with van der Waals surface area (Å²) in [5.41, 5.74) is 0. The third-order valence-electron chi connectivity index (χ3n) is 4.71. The molecule has 0 saturated heterocycles. The molecule has 1 N–H and O–H groups in total. The molecule has 1 heterocycles. The lowest BCUT2D eigenvalue weighted by Crippen LogP contribution is -2.40. The normalized spacial score (nSPS) is 26.9. The number of nitrogens with one attached hydrogen (secondary N) is 1. The molecule has 3 rings (SSSR count). The standard InChI is InChI=1S/C15H21N3O3/c1-9-5-13(17-21-9)16-14(19)8-18(2)15(20)12-7-10-3-4-11(12)6-10/h5,10-12H,3-4,6-8H2,1-2H3,(H,16,17,19). The van der Waals surface area contributed by atoms with Gasteiger partial charge in [0.1, 0.15) is 5.76 Å². The van der Waals surface area contributed by atoms with Gasteiger partial charge in [-0.2, -0.15) is 0 Å². The number of aromatic nitrogens is 1. The van der Waals surface area contributed by atoms with Crippen LogP contribution in [0.1, 0.15) is 31.4 Å². The number of aryl methyl sites for hydroxylation is 1. The van der Waals surface area contributed by atoms with Crippen LogP contribution >= 0.6 is 0 Å². The van der Waals surface area contributed by atoms with Crippen LogP contribution in [0.2, 0.25) is 0 Å². The van der Waals surface area contributed by atoms with E-state index in [0.717, 1.165) is 12.3 Å². The molecule has 2 fully saturated rings. The highest BCUT2D eigenvalue weighted by molar-refractivity contribution is 5.94. The van der Waals surface area contributed by atoms with Gasteiger partial charge in [-0.3, -0.25) is 9.59 Å². The van der Waals surface area contributed by atoms with E-state index < -0.39 is 0 Å². The predicted octanol–water partition coefficient (Wildman–Crippen LogP) is 1.82. The molecule has 0 aliphatic heterocycles. The highest BCUT2D eigenvalue weighted by Gasteiger charge is 2.44. The summed E-state index contributed by atoms with van der Waals surface area (Å²) in [6.07, 6.45) is 4.62. The monoisotopic (exact) mass is 291 g/mol. The third kappa shape index (κ3) is 2.94. The van der Waals surface area contributed by atoms with Gasteiger partial charge in [-0.05, 0) is 38.0 Å². The molecule has 2 amide bonds. The SMILES string of the molecule is Cc1cc(NC(=O)CN(C)C(=O)C2CC3CCC2C3)no1. The summed E-state index contributed by atoms with van der Waals surface area (Å²) >= 11 is 0. The second-order valence-electron chi connectivity index (χ2n) is 6.35. The van der Waals surface area contributed by atoms with E-state index in [2.05, 4.69) is 10.5 Å². The Kier molecular flexibility index (Phi) is 3.69. The van der Waals surface area contributed by atoms with Crippen molar-refractivity contribution < 1.29 is 14.1 Å². The van der Waals surface area contributed by atoms with Gasteiger partial charge >= 0.3 is 0 Å². The van der Waals surface area contributed by atoms with E-state index in [4.69, 9.17) is 4.52 Å². The number of amides is 2. The van der Waals surface area contributed by atoms with Crippen molar-refractivity contribution in [3.63, 3.8) is 0 Å². The fraction of sp³-hybridized carbons (Fsp3) is 0.667. The van der Waals surface area contributed by atoms with Gasteiger partial charge in [0, 0.05) is 19.0 Å². The van der Waals surface area contributed by atoms with E-state index in [1.165, 1.54) is 24.2 Å². The molecule has 3 unspecified atom stereocenters. The molecule has 2 saturated carbocycles. The van der Waals surface area contributed by atoms with Gasteiger partial charge in [-0.25, -0.2) is 0 Å². The molecule has 2 aliphatic rings. The molecular weight excluding hydrogens is 270 g/mol. The van der Waals surface area contributed by atoms with Crippen LogP contribution in [0.25, 0.3) is 0 Å². The zero-order chi connectivity index (χ0) is 15.0. The predicted molar refractivity (Wildman–Crippen MR) is 76.4 cm³/mol. The van der Waals surface area contributed by atoms with Crippen LogP contribution in [-0.4, -0.2) is 35.5 Å². The number of rotatable bonds is 4. The van der Waals surface area contributed by atoms with E-state index in [0.29, 0.717) is 17.5 Å². The van der Waals surface area contributed by atoms with E-state index >= 15 is 0 Å². The molecule has 2 bridgehead atoms. The first-order chi connectivity index (χ1) is 10.0. The van der Waals surface area contributed by atoms with Crippen molar-refractivity contribution in [2.45, 2.75) is 32.6 Å². The van der Waals surface area contributed by atoms with Crippen molar-refractivity contribution in [3.05, 3.63) is 11.8 Å². The van der Waals surface area contributed by atoms with Gasteiger partial charge in [0.2, 0.25) is 11.8 Å². The fourth-order valence-corrected chi connectivity index (χ4v) is 3.73. The van der Waals surface area contributed by atoms with Crippen LogP contribution in [0.5, 0.6) is 0 Å². The molecule has 1 aromatic heterocycles. The summed E-state index contributed by atoms with van der Waals surface area (Å²) in [7, 11) is 1.70. The summed E-state index contributed by atoms with van der Waals surface area (Å²) in [5.74, 6) is 2.26. The summed E-state index contributed by atoms with van der Waals surface area (Å²) in [6.45, 7) is 1.81. The summed E-state index contributed by atoms with van der Waals surface area (Å²) < 4.78 is 4.89. The Balaban J connectivity index is 1.52. The Hall–Kier alpha value is -1.85. The molecule has 21 heavy (non-hydrogen) atoms. The van der Waals surface area contributed by atoms with Gasteiger partial charge in [0.05, 0.1) is 6.54 Å². The Morgan fingerprint density at radius 3 is 2.81 bits per heavy atom. The van der Waals surface area contributed by atoms with Gasteiger partial charge in [-0.1, -0.05) is 11.6 Å². The van der Waals surface area contributed by atoms with Crippen LogP contribution in [0.15, 0.2) is 10.6 Å². The minimum absolute atomic E-state index is 0.0542. The number of hydrogen-bond donors (Lipinski definition) is 1. The summed E-state index contributed by atoms with van der Waals surface area (Å²) in [4.78, 5) is 25.9. The maximum absolute atomic E-state index is 12.4. The largest absolute Gasteiger partial charge is 0.360 e. The van der Waals surface area contributed by atoms with Crippen LogP contribution in [0.3, 0.4) is 0 Å². The van der Waals surface area contributed by atoms with Crippen molar-refractivity contribution in [1.82, 2.24) is 10.1 Å². The number of hydrogen-bond acceptors (Lipinski definition) is 4. The van der Waals surface area contributed by atoms with Crippen LogP contribution < -0.4 is 5.32 Å². The van der Waals surface area contributed by atoms with Crippen molar-refractivity contribution in [1.29, 1.82) is 0 Å². The lowest BCUT2D eigenvalue weighted by molar-refractivity contribution is -0.138. The average molecular weight is 291 g/mol. The Morgan fingerprint density at radius 1 is 1.43 bits per heavy atom. The maximum Gasteiger partial charge on any atom is 0.245 e. The lowest BCUT2D eigenvalue weighted by atomic mass is 9.88. The quantitative estimate of drug-likeness (QED) is 0.918. The smallest absolute Gasteiger partial charge is 0.245 e. The Morgan fingerprint density at radius 2 is 2.24 bits per heavy atom.